The van der Waals surface area contributed by atoms with Crippen molar-refractivity contribution in [2.75, 3.05) is 6.61 Å². The maximum atomic E-state index is 9.24. The maximum Gasteiger partial charge on any atom is 0.488 e. The van der Waals surface area contributed by atoms with E-state index in [-0.39, 0.29) is 0 Å². The molecule has 0 radical (unpaired) electrons. The Kier molecular flexibility index (Phi) is 4.60. The topological polar surface area (TPSA) is 49.7 Å². The van der Waals surface area contributed by atoms with Crippen molar-refractivity contribution in [2.45, 2.75) is 13.3 Å². The second-order valence-electron chi connectivity index (χ2n) is 4.34. The molecular weight excluding hydrogens is 239 g/mol. The summed E-state index contributed by atoms with van der Waals surface area (Å²) in [5.41, 5.74) is 2.44. The summed E-state index contributed by atoms with van der Waals surface area (Å²) in [4.78, 5) is 0. The zero-order valence-electron chi connectivity index (χ0n) is 10.9. The highest BCUT2D eigenvalue weighted by Gasteiger charge is 2.14. The summed E-state index contributed by atoms with van der Waals surface area (Å²) in [5.74, 6) is 0.679. The second-order valence-corrected chi connectivity index (χ2v) is 4.34. The first-order valence-corrected chi connectivity index (χ1v) is 6.40. The van der Waals surface area contributed by atoms with E-state index in [0.717, 1.165) is 17.5 Å². The van der Waals surface area contributed by atoms with Gasteiger partial charge in [0, 0.05) is 5.56 Å². The van der Waals surface area contributed by atoms with Crippen molar-refractivity contribution in [2.24, 2.45) is 0 Å². The summed E-state index contributed by atoms with van der Waals surface area (Å²) in [7, 11) is -1.48. The molecule has 0 aliphatic carbocycles. The van der Waals surface area contributed by atoms with Gasteiger partial charge in [-0.1, -0.05) is 49.4 Å². The lowest BCUT2D eigenvalue weighted by atomic mass is 9.79. The van der Waals surface area contributed by atoms with E-state index in [9.17, 15) is 10.0 Å². The summed E-state index contributed by atoms with van der Waals surface area (Å²) in [5, 5.41) is 18.5. The van der Waals surface area contributed by atoms with Crippen molar-refractivity contribution in [1.29, 1.82) is 0 Å². The van der Waals surface area contributed by atoms with Crippen LogP contribution < -0.4 is 10.2 Å². The number of hydrogen-bond acceptors (Lipinski definition) is 3. The molecule has 0 bridgehead atoms. The molecule has 3 nitrogen and oxygen atoms in total. The predicted molar refractivity (Wildman–Crippen MR) is 77.5 cm³/mol. The van der Waals surface area contributed by atoms with Crippen molar-refractivity contribution in [3.05, 3.63) is 48.5 Å². The molecule has 2 aromatic rings. The third kappa shape index (κ3) is 3.37. The fourth-order valence-electron chi connectivity index (χ4n) is 1.89. The van der Waals surface area contributed by atoms with Gasteiger partial charge in [-0.05, 0) is 23.5 Å². The third-order valence-electron chi connectivity index (χ3n) is 2.85. The molecule has 19 heavy (non-hydrogen) atoms. The lowest BCUT2D eigenvalue weighted by Gasteiger charge is -2.13. The van der Waals surface area contributed by atoms with E-state index in [2.05, 4.69) is 0 Å². The first kappa shape index (κ1) is 13.7. The van der Waals surface area contributed by atoms with Gasteiger partial charge in [-0.2, -0.15) is 0 Å². The largest absolute Gasteiger partial charge is 0.493 e. The lowest BCUT2D eigenvalue weighted by Crippen LogP contribution is -2.29. The van der Waals surface area contributed by atoms with Gasteiger partial charge in [0.15, 0.2) is 0 Å². The van der Waals surface area contributed by atoms with Crippen LogP contribution in [0.3, 0.4) is 0 Å². The third-order valence-corrected chi connectivity index (χ3v) is 2.85. The Morgan fingerprint density at radius 2 is 1.79 bits per heavy atom. The van der Waals surface area contributed by atoms with Crippen molar-refractivity contribution >= 4 is 12.6 Å². The molecule has 2 N–H and O–H groups in total. The van der Waals surface area contributed by atoms with E-state index in [1.165, 1.54) is 0 Å². The van der Waals surface area contributed by atoms with Gasteiger partial charge in [0.2, 0.25) is 0 Å². The van der Waals surface area contributed by atoms with Crippen LogP contribution in [-0.2, 0) is 0 Å². The van der Waals surface area contributed by atoms with Crippen LogP contribution in [0.1, 0.15) is 13.3 Å². The fraction of sp³-hybridized carbons (Fsp3) is 0.200. The molecule has 0 aromatic heterocycles. The summed E-state index contributed by atoms with van der Waals surface area (Å²) < 4.78 is 5.71. The predicted octanol–water partition coefficient (Wildman–Crippen LogP) is 1.82. The SMILES string of the molecule is CCCOc1cc(B(O)O)ccc1-c1ccccc1. The van der Waals surface area contributed by atoms with E-state index in [1.807, 2.05) is 43.3 Å². The van der Waals surface area contributed by atoms with Gasteiger partial charge in [0.05, 0.1) is 6.61 Å². The van der Waals surface area contributed by atoms with Crippen molar-refractivity contribution in [1.82, 2.24) is 0 Å². The molecule has 0 heterocycles. The van der Waals surface area contributed by atoms with Crippen LogP contribution in [0.4, 0.5) is 0 Å². The van der Waals surface area contributed by atoms with Gasteiger partial charge in [0.1, 0.15) is 5.75 Å². The van der Waals surface area contributed by atoms with Crippen LogP contribution in [-0.4, -0.2) is 23.8 Å². The minimum Gasteiger partial charge on any atom is -0.493 e. The van der Waals surface area contributed by atoms with E-state index >= 15 is 0 Å². The van der Waals surface area contributed by atoms with Gasteiger partial charge >= 0.3 is 7.12 Å². The van der Waals surface area contributed by atoms with Crippen LogP contribution in [0.5, 0.6) is 5.75 Å². The Bertz CT molecular complexity index is 526. The van der Waals surface area contributed by atoms with Gasteiger partial charge in [-0.3, -0.25) is 0 Å². The van der Waals surface area contributed by atoms with Gasteiger partial charge in [-0.25, -0.2) is 0 Å². The molecule has 98 valence electrons. The summed E-state index contributed by atoms with van der Waals surface area (Å²) in [6, 6.07) is 15.1. The van der Waals surface area contributed by atoms with Crippen LogP contribution in [0.15, 0.2) is 48.5 Å². The Balaban J connectivity index is 2.41. The first-order chi connectivity index (χ1) is 9.22. The average molecular weight is 256 g/mol. The van der Waals surface area contributed by atoms with Gasteiger partial charge < -0.3 is 14.8 Å². The van der Waals surface area contributed by atoms with Gasteiger partial charge in [0.25, 0.3) is 0 Å². The maximum absolute atomic E-state index is 9.24. The summed E-state index contributed by atoms with van der Waals surface area (Å²) in [6.45, 7) is 2.64. The van der Waals surface area contributed by atoms with Gasteiger partial charge in [-0.15, -0.1) is 0 Å². The molecule has 0 spiro atoms. The Hall–Kier alpha value is -1.78. The van der Waals surface area contributed by atoms with E-state index < -0.39 is 7.12 Å². The number of ether oxygens (including phenoxy) is 1. The Labute approximate surface area is 113 Å². The van der Waals surface area contributed by atoms with Crippen LogP contribution in [0.2, 0.25) is 0 Å². The Morgan fingerprint density at radius 1 is 1.05 bits per heavy atom. The molecule has 0 saturated carbocycles. The molecule has 0 amide bonds. The lowest BCUT2D eigenvalue weighted by molar-refractivity contribution is 0.318. The normalized spacial score (nSPS) is 10.3. The highest BCUT2D eigenvalue weighted by molar-refractivity contribution is 6.58. The number of benzene rings is 2. The van der Waals surface area contributed by atoms with Crippen molar-refractivity contribution in [3.63, 3.8) is 0 Å². The molecular formula is C15H17BO3. The average Bonchev–Trinajstić information content (AvgIpc) is 2.45. The summed E-state index contributed by atoms with van der Waals surface area (Å²) in [6.07, 6.45) is 0.903. The molecule has 0 aliphatic heterocycles. The fourth-order valence-corrected chi connectivity index (χ4v) is 1.89. The summed E-state index contributed by atoms with van der Waals surface area (Å²) >= 11 is 0. The van der Waals surface area contributed by atoms with Crippen LogP contribution >= 0.6 is 0 Å². The van der Waals surface area contributed by atoms with E-state index in [1.54, 1.807) is 12.1 Å². The molecule has 2 rings (SSSR count). The van der Waals surface area contributed by atoms with Crippen LogP contribution in [0, 0.1) is 0 Å². The zero-order chi connectivity index (χ0) is 13.7. The minimum atomic E-state index is -1.48. The molecule has 0 atom stereocenters. The standard InChI is InChI=1S/C15H17BO3/c1-2-10-19-15-11-13(16(17)18)8-9-14(15)12-6-4-3-5-7-12/h3-9,11,17-18H,2,10H2,1H3. The monoisotopic (exact) mass is 256 g/mol. The molecule has 0 aliphatic rings. The molecule has 2 aromatic carbocycles. The van der Waals surface area contributed by atoms with E-state index in [4.69, 9.17) is 4.74 Å². The quantitative estimate of drug-likeness (QED) is 0.802. The van der Waals surface area contributed by atoms with Crippen molar-refractivity contribution in [3.8, 4) is 16.9 Å². The number of hydrogen-bond donors (Lipinski definition) is 2. The number of rotatable bonds is 5. The van der Waals surface area contributed by atoms with Crippen molar-refractivity contribution < 1.29 is 14.8 Å². The minimum absolute atomic E-state index is 0.436. The first-order valence-electron chi connectivity index (χ1n) is 6.40. The zero-order valence-corrected chi connectivity index (χ0v) is 10.9. The molecule has 0 unspecified atom stereocenters. The highest BCUT2D eigenvalue weighted by atomic mass is 16.5. The second kappa shape index (κ2) is 6.41. The highest BCUT2D eigenvalue weighted by Crippen LogP contribution is 2.29. The smallest absolute Gasteiger partial charge is 0.488 e. The molecule has 0 saturated heterocycles. The Morgan fingerprint density at radius 3 is 2.42 bits per heavy atom. The van der Waals surface area contributed by atoms with Crippen LogP contribution in [0.25, 0.3) is 11.1 Å². The molecule has 0 fully saturated rings. The van der Waals surface area contributed by atoms with E-state index in [0.29, 0.717) is 17.8 Å². The molecule has 4 heteroatoms.